The van der Waals surface area contributed by atoms with Gasteiger partial charge in [-0.05, 0) is 49.4 Å². The van der Waals surface area contributed by atoms with Crippen LogP contribution < -0.4 is 10.6 Å². The normalized spacial score (nSPS) is 21.1. The Balaban J connectivity index is 1.33. The van der Waals surface area contributed by atoms with Crippen LogP contribution in [0.3, 0.4) is 0 Å². The fourth-order valence-corrected chi connectivity index (χ4v) is 5.63. The van der Waals surface area contributed by atoms with Crippen molar-refractivity contribution in [1.29, 1.82) is 0 Å². The average molecular weight is 438 g/mol. The summed E-state index contributed by atoms with van der Waals surface area (Å²) in [5.41, 5.74) is 2.99. The van der Waals surface area contributed by atoms with E-state index in [-0.39, 0.29) is 28.8 Å². The van der Waals surface area contributed by atoms with Crippen molar-refractivity contribution in [1.82, 2.24) is 15.5 Å². The lowest BCUT2D eigenvalue weighted by Gasteiger charge is -2.39. The molecule has 2 unspecified atom stereocenters. The fraction of sp³-hybridized carbons (Fsp3) is 0.440. The average Bonchev–Trinajstić information content (AvgIpc) is 3.23. The van der Waals surface area contributed by atoms with Crippen LogP contribution in [-0.2, 0) is 4.79 Å². The number of benzene rings is 2. The maximum absolute atomic E-state index is 13.0. The minimum atomic E-state index is -0.146. The second kappa shape index (κ2) is 9.45. The molecule has 2 N–H and O–H groups in total. The van der Waals surface area contributed by atoms with Gasteiger partial charge in [0.25, 0.3) is 5.91 Å². The van der Waals surface area contributed by atoms with E-state index in [1.807, 2.05) is 66.1 Å². The highest BCUT2D eigenvalue weighted by Crippen LogP contribution is 2.39. The zero-order valence-corrected chi connectivity index (χ0v) is 19.1. The fourth-order valence-electron chi connectivity index (χ4n) is 4.21. The highest BCUT2D eigenvalue weighted by atomic mass is 32.2. The van der Waals surface area contributed by atoms with Crippen LogP contribution in [0.4, 0.5) is 0 Å². The summed E-state index contributed by atoms with van der Waals surface area (Å²) < 4.78 is 0. The summed E-state index contributed by atoms with van der Waals surface area (Å²) in [6, 6.07) is 18.1. The van der Waals surface area contributed by atoms with Gasteiger partial charge in [0, 0.05) is 30.4 Å². The number of hydrogen-bond donors (Lipinski definition) is 2. The molecule has 2 saturated heterocycles. The summed E-state index contributed by atoms with van der Waals surface area (Å²) in [6.45, 7) is 5.52. The van der Waals surface area contributed by atoms with Crippen LogP contribution in [-0.4, -0.2) is 52.5 Å². The largest absolute Gasteiger partial charge is 0.352 e. The Kier molecular flexibility index (Phi) is 6.68. The summed E-state index contributed by atoms with van der Waals surface area (Å²) in [7, 11) is 0. The van der Waals surface area contributed by atoms with Gasteiger partial charge >= 0.3 is 0 Å². The maximum atomic E-state index is 13.0. The van der Waals surface area contributed by atoms with Gasteiger partial charge < -0.3 is 10.2 Å². The molecule has 2 aromatic rings. The minimum absolute atomic E-state index is 0.0866. The zero-order chi connectivity index (χ0) is 21.8. The number of rotatable bonds is 5. The summed E-state index contributed by atoms with van der Waals surface area (Å²) >= 11 is 1.84. The molecule has 4 rings (SSSR count). The topological polar surface area (TPSA) is 61.4 Å². The zero-order valence-electron chi connectivity index (χ0n) is 18.3. The lowest BCUT2D eigenvalue weighted by atomic mass is 10.0. The Labute approximate surface area is 189 Å². The first kappa shape index (κ1) is 21.9. The molecule has 0 aromatic heterocycles. The van der Waals surface area contributed by atoms with Crippen molar-refractivity contribution in [2.45, 2.75) is 50.1 Å². The van der Waals surface area contributed by atoms with E-state index < -0.39 is 0 Å². The van der Waals surface area contributed by atoms with Gasteiger partial charge in [0.05, 0.1) is 10.9 Å². The predicted molar refractivity (Wildman–Crippen MR) is 127 cm³/mol. The predicted octanol–water partition coefficient (Wildman–Crippen LogP) is 3.91. The third-order valence-corrected chi connectivity index (χ3v) is 7.96. The van der Waals surface area contributed by atoms with Gasteiger partial charge in [-0.1, -0.05) is 49.4 Å². The Hall–Kier alpha value is -2.31. The van der Waals surface area contributed by atoms with Crippen LogP contribution in [0.25, 0.3) is 11.1 Å². The molecule has 0 radical (unpaired) electrons. The standard InChI is InChI=1S/C25H31N3O2S/c1-3-18(2)26-23(29)22-17-31-25(27-22)13-15-28(16-14-25)24(30)21-11-9-20(10-12-21)19-7-5-4-6-8-19/h4-12,18,22,27H,3,13-17H2,1-2H3,(H,26,29). The number of nitrogens with zero attached hydrogens (tertiary/aromatic N) is 1. The van der Waals surface area contributed by atoms with E-state index in [1.54, 1.807) is 0 Å². The molecule has 2 fully saturated rings. The highest BCUT2D eigenvalue weighted by molar-refractivity contribution is 8.01. The van der Waals surface area contributed by atoms with Gasteiger partial charge in [0.2, 0.25) is 5.91 Å². The van der Waals surface area contributed by atoms with Crippen molar-refractivity contribution in [2.75, 3.05) is 18.8 Å². The summed E-state index contributed by atoms with van der Waals surface area (Å²) in [6.07, 6.45) is 2.65. The molecule has 2 atom stereocenters. The molecule has 2 heterocycles. The summed E-state index contributed by atoms with van der Waals surface area (Å²) in [4.78, 5) is 27.3. The molecule has 31 heavy (non-hydrogen) atoms. The van der Waals surface area contributed by atoms with Crippen molar-refractivity contribution in [3.8, 4) is 11.1 Å². The van der Waals surface area contributed by atoms with E-state index in [0.717, 1.165) is 41.7 Å². The molecule has 2 aliphatic heterocycles. The molecule has 164 valence electrons. The summed E-state index contributed by atoms with van der Waals surface area (Å²) in [5.74, 6) is 0.969. The van der Waals surface area contributed by atoms with Crippen LogP contribution in [0.2, 0.25) is 0 Å². The minimum Gasteiger partial charge on any atom is -0.352 e. The van der Waals surface area contributed by atoms with E-state index in [1.165, 1.54) is 0 Å². The Morgan fingerprint density at radius 2 is 1.74 bits per heavy atom. The maximum Gasteiger partial charge on any atom is 0.253 e. The lowest BCUT2D eigenvalue weighted by molar-refractivity contribution is -0.123. The quantitative estimate of drug-likeness (QED) is 0.745. The van der Waals surface area contributed by atoms with Crippen LogP contribution >= 0.6 is 11.8 Å². The van der Waals surface area contributed by atoms with E-state index in [9.17, 15) is 9.59 Å². The number of thioether (sulfide) groups is 1. The molecular formula is C25H31N3O2S. The van der Waals surface area contributed by atoms with E-state index >= 15 is 0 Å². The third-order valence-electron chi connectivity index (χ3n) is 6.38. The molecule has 0 aliphatic carbocycles. The first-order valence-electron chi connectivity index (χ1n) is 11.2. The van der Waals surface area contributed by atoms with E-state index in [2.05, 4.69) is 29.7 Å². The number of amides is 2. The molecule has 1 spiro atoms. The van der Waals surface area contributed by atoms with Crippen LogP contribution in [0.1, 0.15) is 43.5 Å². The molecule has 0 saturated carbocycles. The van der Waals surface area contributed by atoms with Crippen LogP contribution in [0.15, 0.2) is 54.6 Å². The second-order valence-electron chi connectivity index (χ2n) is 8.56. The van der Waals surface area contributed by atoms with E-state index in [0.29, 0.717) is 13.1 Å². The molecule has 2 amide bonds. The smallest absolute Gasteiger partial charge is 0.253 e. The monoisotopic (exact) mass is 437 g/mol. The molecule has 2 aromatic carbocycles. The first-order valence-corrected chi connectivity index (χ1v) is 12.1. The van der Waals surface area contributed by atoms with Gasteiger partial charge in [-0.2, -0.15) is 0 Å². The molecule has 0 bridgehead atoms. The molecule has 2 aliphatic rings. The molecule has 5 nitrogen and oxygen atoms in total. The van der Waals surface area contributed by atoms with Gasteiger partial charge in [0.15, 0.2) is 0 Å². The number of piperidine rings is 1. The first-order chi connectivity index (χ1) is 15.0. The molecular weight excluding hydrogens is 406 g/mol. The number of nitrogens with one attached hydrogen (secondary N) is 2. The van der Waals surface area contributed by atoms with E-state index in [4.69, 9.17) is 0 Å². The van der Waals surface area contributed by atoms with Gasteiger partial charge in [-0.3, -0.25) is 14.9 Å². The summed E-state index contributed by atoms with van der Waals surface area (Å²) in [5, 5.41) is 6.65. The SMILES string of the molecule is CCC(C)NC(=O)C1CSC2(CCN(C(=O)c3ccc(-c4ccccc4)cc3)CC2)N1. The van der Waals surface area contributed by atoms with Crippen LogP contribution in [0.5, 0.6) is 0 Å². The van der Waals surface area contributed by atoms with Gasteiger partial charge in [-0.25, -0.2) is 0 Å². The number of likely N-dealkylation sites (tertiary alicyclic amines) is 1. The van der Waals surface area contributed by atoms with Crippen molar-refractivity contribution in [3.63, 3.8) is 0 Å². The highest BCUT2D eigenvalue weighted by Gasteiger charge is 2.44. The second-order valence-corrected chi connectivity index (χ2v) is 9.96. The number of hydrogen-bond acceptors (Lipinski definition) is 4. The third kappa shape index (κ3) is 4.96. The lowest BCUT2D eigenvalue weighted by Crippen LogP contribution is -2.55. The van der Waals surface area contributed by atoms with Crippen molar-refractivity contribution >= 4 is 23.6 Å². The number of carbonyl (C=O) groups is 2. The van der Waals surface area contributed by atoms with Crippen LogP contribution in [0, 0.1) is 0 Å². The Morgan fingerprint density at radius 1 is 1.10 bits per heavy atom. The van der Waals surface area contributed by atoms with Gasteiger partial charge in [-0.15, -0.1) is 11.8 Å². The Bertz CT molecular complexity index is 908. The molecule has 6 heteroatoms. The van der Waals surface area contributed by atoms with Gasteiger partial charge in [0.1, 0.15) is 0 Å². The Morgan fingerprint density at radius 3 is 2.39 bits per heavy atom. The van der Waals surface area contributed by atoms with Crippen molar-refractivity contribution < 1.29 is 9.59 Å². The van der Waals surface area contributed by atoms with Crippen molar-refractivity contribution in [2.24, 2.45) is 0 Å². The van der Waals surface area contributed by atoms with Crippen molar-refractivity contribution in [3.05, 3.63) is 60.2 Å². The number of carbonyl (C=O) groups excluding carboxylic acids is 2.